The van der Waals surface area contributed by atoms with E-state index >= 15 is 0 Å². The number of nitro benzene ring substituents is 1. The summed E-state index contributed by atoms with van der Waals surface area (Å²) in [7, 11) is 0. The summed E-state index contributed by atoms with van der Waals surface area (Å²) in [6.45, 7) is 1.68. The van der Waals surface area contributed by atoms with Crippen molar-refractivity contribution in [3.63, 3.8) is 0 Å². The zero-order valence-electron chi connectivity index (χ0n) is 21.0. The second kappa shape index (κ2) is 11.5. The van der Waals surface area contributed by atoms with Crippen LogP contribution in [0.3, 0.4) is 0 Å². The normalized spacial score (nSPS) is 16.7. The summed E-state index contributed by atoms with van der Waals surface area (Å²) >= 11 is 0. The summed E-state index contributed by atoms with van der Waals surface area (Å²) in [6.07, 6.45) is 6.44. The van der Waals surface area contributed by atoms with Gasteiger partial charge < -0.3 is 14.4 Å². The van der Waals surface area contributed by atoms with E-state index in [-0.39, 0.29) is 41.0 Å². The van der Waals surface area contributed by atoms with Gasteiger partial charge in [-0.2, -0.15) is 9.78 Å². The molecule has 0 bridgehead atoms. The molecule has 2 aromatic carbocycles. The van der Waals surface area contributed by atoms with E-state index < -0.39 is 4.92 Å². The Balaban J connectivity index is 1.50. The van der Waals surface area contributed by atoms with E-state index in [0.717, 1.165) is 32.1 Å². The Morgan fingerprint density at radius 2 is 1.92 bits per heavy atom. The average Bonchev–Trinajstić information content (AvgIpc) is 2.96. The summed E-state index contributed by atoms with van der Waals surface area (Å²) in [6, 6.07) is 11.2. The first-order valence-electron chi connectivity index (χ1n) is 12.8. The number of non-ortho nitro benzene ring substituents is 1. The minimum atomic E-state index is -0.517. The van der Waals surface area contributed by atoms with Crippen molar-refractivity contribution in [3.8, 4) is 5.75 Å². The molecule has 1 saturated heterocycles. The third kappa shape index (κ3) is 5.57. The van der Waals surface area contributed by atoms with Crippen molar-refractivity contribution in [2.24, 2.45) is 5.10 Å². The Labute approximate surface area is 218 Å². The van der Waals surface area contributed by atoms with Gasteiger partial charge in [0.2, 0.25) is 0 Å². The average molecular weight is 520 g/mol. The fourth-order valence-electron chi connectivity index (χ4n) is 4.92. The number of para-hydroxylation sites is 1. The smallest absolute Gasteiger partial charge is 0.282 e. The fraction of sp³-hybridized carbons (Fsp3) is 0.407. The molecule has 3 aromatic rings. The van der Waals surface area contributed by atoms with Gasteiger partial charge in [-0.15, -0.1) is 0 Å². The largest absolute Gasteiger partial charge is 0.483 e. The number of carbonyl (C=O) groups excluding carboxylic acids is 1. The molecule has 1 saturated carbocycles. The molecule has 1 aromatic heterocycles. The van der Waals surface area contributed by atoms with Crippen LogP contribution in [-0.4, -0.2) is 64.5 Å². The summed E-state index contributed by atoms with van der Waals surface area (Å²) in [5.74, 6) is 0.719. The van der Waals surface area contributed by atoms with Crippen LogP contribution in [0.25, 0.3) is 10.9 Å². The van der Waals surface area contributed by atoms with Gasteiger partial charge in [-0.3, -0.25) is 19.7 Å². The molecule has 5 rings (SSSR count). The molecule has 1 amide bonds. The molecule has 11 nitrogen and oxygen atoms in total. The number of ether oxygens (including phenoxy) is 2. The molecule has 0 N–H and O–H groups in total. The minimum absolute atomic E-state index is 0.0881. The number of nitro groups is 1. The highest BCUT2D eigenvalue weighted by atomic mass is 16.6. The lowest BCUT2D eigenvalue weighted by molar-refractivity contribution is -0.384. The highest BCUT2D eigenvalue weighted by Gasteiger charge is 2.23. The van der Waals surface area contributed by atoms with Gasteiger partial charge >= 0.3 is 0 Å². The van der Waals surface area contributed by atoms with Gasteiger partial charge in [-0.1, -0.05) is 31.4 Å². The van der Waals surface area contributed by atoms with Crippen molar-refractivity contribution in [2.45, 2.75) is 38.0 Å². The molecule has 0 spiro atoms. The van der Waals surface area contributed by atoms with Crippen molar-refractivity contribution in [1.82, 2.24) is 14.6 Å². The van der Waals surface area contributed by atoms with E-state index in [4.69, 9.17) is 14.5 Å². The maximum atomic E-state index is 13.5. The quantitative estimate of drug-likeness (QED) is 0.265. The van der Waals surface area contributed by atoms with Crippen LogP contribution in [0.5, 0.6) is 5.75 Å². The minimum Gasteiger partial charge on any atom is -0.483 e. The summed E-state index contributed by atoms with van der Waals surface area (Å²) in [4.78, 5) is 43.4. The van der Waals surface area contributed by atoms with E-state index in [2.05, 4.69) is 5.10 Å². The number of amides is 1. The molecule has 0 radical (unpaired) electrons. The van der Waals surface area contributed by atoms with E-state index in [0.29, 0.717) is 43.0 Å². The zero-order valence-corrected chi connectivity index (χ0v) is 21.0. The van der Waals surface area contributed by atoms with Crippen LogP contribution < -0.4 is 10.3 Å². The highest BCUT2D eigenvalue weighted by Crippen LogP contribution is 2.32. The third-order valence-corrected chi connectivity index (χ3v) is 6.98. The predicted molar refractivity (Wildman–Crippen MR) is 141 cm³/mol. The van der Waals surface area contributed by atoms with Crippen LogP contribution in [0.2, 0.25) is 0 Å². The van der Waals surface area contributed by atoms with E-state index in [9.17, 15) is 19.7 Å². The lowest BCUT2D eigenvalue weighted by Crippen LogP contribution is -2.43. The molecule has 1 aliphatic heterocycles. The number of benzene rings is 2. The van der Waals surface area contributed by atoms with Crippen LogP contribution in [0.15, 0.2) is 52.4 Å². The number of nitrogens with zero attached hydrogens (tertiary/aromatic N) is 5. The summed E-state index contributed by atoms with van der Waals surface area (Å²) in [5, 5.41) is 16.4. The van der Waals surface area contributed by atoms with Crippen LogP contribution in [-0.2, 0) is 9.53 Å². The molecular weight excluding hydrogens is 490 g/mol. The first-order valence-corrected chi connectivity index (χ1v) is 12.8. The van der Waals surface area contributed by atoms with Crippen LogP contribution in [0.4, 0.5) is 5.69 Å². The maximum Gasteiger partial charge on any atom is 0.282 e. The Bertz CT molecular complexity index is 1420. The van der Waals surface area contributed by atoms with Gasteiger partial charge in [-0.05, 0) is 31.0 Å². The molecule has 11 heteroatoms. The van der Waals surface area contributed by atoms with Crippen LogP contribution in [0, 0.1) is 10.1 Å². The lowest BCUT2D eigenvalue weighted by atomic mass is 9.88. The molecule has 1 aliphatic carbocycles. The second-order valence-electron chi connectivity index (χ2n) is 9.44. The Morgan fingerprint density at radius 1 is 1.16 bits per heavy atom. The summed E-state index contributed by atoms with van der Waals surface area (Å²) in [5.41, 5.74) is 0.437. The number of carbonyl (C=O) groups is 1. The Morgan fingerprint density at radius 3 is 2.68 bits per heavy atom. The number of morpholine rings is 1. The van der Waals surface area contributed by atoms with Gasteiger partial charge in [0.05, 0.1) is 35.3 Å². The molecular formula is C27H29N5O6. The third-order valence-electron chi connectivity index (χ3n) is 6.98. The topological polar surface area (TPSA) is 129 Å². The van der Waals surface area contributed by atoms with E-state index in [1.54, 1.807) is 17.0 Å². The monoisotopic (exact) mass is 519 g/mol. The molecule has 2 heterocycles. The zero-order chi connectivity index (χ0) is 26.5. The maximum absolute atomic E-state index is 13.5. The number of fused-ring (bicyclic) bond motifs is 1. The standard InChI is InChI=1S/C27H29N5O6/c33-25(30-12-14-37-15-13-30)18-38-24-11-10-21(32(35)36)16-20(24)17-28-31-26(19-6-2-1-3-7-19)29-23-9-5-4-8-22(23)27(31)34/h4-5,8-11,16-17,19H,1-3,6-7,12-15,18H2. The van der Waals surface area contributed by atoms with Crippen molar-refractivity contribution in [3.05, 3.63) is 74.3 Å². The van der Waals surface area contributed by atoms with Gasteiger partial charge in [0.25, 0.3) is 17.2 Å². The first kappa shape index (κ1) is 25.5. The predicted octanol–water partition coefficient (Wildman–Crippen LogP) is 3.47. The van der Waals surface area contributed by atoms with Crippen molar-refractivity contribution < 1.29 is 19.2 Å². The number of rotatable bonds is 7. The highest BCUT2D eigenvalue weighted by molar-refractivity contribution is 5.85. The SMILES string of the molecule is O=C(COc1ccc([N+](=O)[O-])cc1C=Nn1c(C2CCCCC2)nc2ccccc2c1=O)N1CCOCC1. The molecule has 0 unspecified atom stereocenters. The van der Waals surface area contributed by atoms with E-state index in [1.165, 1.54) is 29.1 Å². The lowest BCUT2D eigenvalue weighted by Gasteiger charge is -2.26. The Kier molecular flexibility index (Phi) is 7.73. The number of aromatic nitrogens is 2. The molecule has 0 atom stereocenters. The molecule has 198 valence electrons. The first-order chi connectivity index (χ1) is 18.5. The molecule has 2 fully saturated rings. The van der Waals surface area contributed by atoms with Crippen molar-refractivity contribution in [1.29, 1.82) is 0 Å². The van der Waals surface area contributed by atoms with Crippen LogP contribution in [0.1, 0.15) is 49.4 Å². The second-order valence-corrected chi connectivity index (χ2v) is 9.44. The van der Waals surface area contributed by atoms with Gasteiger partial charge in [0.1, 0.15) is 11.6 Å². The number of hydrogen-bond donors (Lipinski definition) is 0. The van der Waals surface area contributed by atoms with Gasteiger partial charge in [-0.25, -0.2) is 4.98 Å². The van der Waals surface area contributed by atoms with Crippen LogP contribution >= 0.6 is 0 Å². The summed E-state index contributed by atoms with van der Waals surface area (Å²) < 4.78 is 12.4. The number of hydrogen-bond acceptors (Lipinski definition) is 8. The van der Waals surface area contributed by atoms with Crippen molar-refractivity contribution in [2.75, 3.05) is 32.9 Å². The van der Waals surface area contributed by atoms with Crippen molar-refractivity contribution >= 4 is 28.7 Å². The van der Waals surface area contributed by atoms with Gasteiger partial charge in [0, 0.05) is 36.7 Å². The fourth-order valence-corrected chi connectivity index (χ4v) is 4.92. The Hall–Kier alpha value is -4.12. The molecule has 2 aliphatic rings. The van der Waals surface area contributed by atoms with E-state index in [1.807, 2.05) is 12.1 Å². The van der Waals surface area contributed by atoms with Gasteiger partial charge in [0.15, 0.2) is 6.61 Å². The molecule has 38 heavy (non-hydrogen) atoms.